The summed E-state index contributed by atoms with van der Waals surface area (Å²) in [5, 5.41) is 10.5. The van der Waals surface area contributed by atoms with Crippen LogP contribution >= 0.6 is 11.8 Å². The normalized spacial score (nSPS) is 15.0. The number of amides is 1. The zero-order chi connectivity index (χ0) is 21.8. The van der Waals surface area contributed by atoms with Gasteiger partial charge in [0.2, 0.25) is 10.0 Å². The standard InChI is InChI=1S/C21H22N4O4S2/c1-30-18-8-4-3-7-17(18)20-23-24-21(29-20)22-19(26)15-9-11-16(12-10-15)31(27,28)25-13-5-2-6-14-25/h3-4,7-12H,2,5-6,13-14H2,1H3,(H,22,24,26). The maximum absolute atomic E-state index is 12.7. The summed E-state index contributed by atoms with van der Waals surface area (Å²) in [7, 11) is -3.54. The van der Waals surface area contributed by atoms with Crippen LogP contribution in [0.15, 0.2) is 62.7 Å². The van der Waals surface area contributed by atoms with Crippen molar-refractivity contribution in [3.05, 3.63) is 54.1 Å². The summed E-state index contributed by atoms with van der Waals surface area (Å²) in [6.07, 6.45) is 4.74. The van der Waals surface area contributed by atoms with Crippen molar-refractivity contribution < 1.29 is 17.6 Å². The summed E-state index contributed by atoms with van der Waals surface area (Å²) in [4.78, 5) is 13.7. The molecule has 1 N–H and O–H groups in total. The van der Waals surface area contributed by atoms with E-state index in [1.807, 2.05) is 30.5 Å². The van der Waals surface area contributed by atoms with Gasteiger partial charge in [0.25, 0.3) is 11.8 Å². The van der Waals surface area contributed by atoms with Gasteiger partial charge in [-0.1, -0.05) is 23.7 Å². The Morgan fingerprint density at radius 2 is 1.74 bits per heavy atom. The Morgan fingerprint density at radius 1 is 1.03 bits per heavy atom. The van der Waals surface area contributed by atoms with Crippen LogP contribution in [0.25, 0.3) is 11.5 Å². The van der Waals surface area contributed by atoms with Gasteiger partial charge in [0.05, 0.1) is 10.5 Å². The molecule has 2 heterocycles. The van der Waals surface area contributed by atoms with Gasteiger partial charge < -0.3 is 4.42 Å². The zero-order valence-electron chi connectivity index (χ0n) is 16.9. The van der Waals surface area contributed by atoms with Crippen molar-refractivity contribution >= 4 is 33.7 Å². The van der Waals surface area contributed by atoms with E-state index in [1.165, 1.54) is 28.6 Å². The minimum atomic E-state index is -3.54. The Balaban J connectivity index is 1.47. The van der Waals surface area contributed by atoms with Gasteiger partial charge in [-0.05, 0) is 55.5 Å². The van der Waals surface area contributed by atoms with Crippen LogP contribution in [0.4, 0.5) is 6.01 Å². The summed E-state index contributed by atoms with van der Waals surface area (Å²) < 4.78 is 32.6. The van der Waals surface area contributed by atoms with E-state index in [-0.39, 0.29) is 10.9 Å². The Hall–Kier alpha value is -2.69. The molecule has 1 aliphatic rings. The molecule has 3 aromatic rings. The average molecular weight is 459 g/mol. The van der Waals surface area contributed by atoms with E-state index in [4.69, 9.17) is 4.42 Å². The van der Waals surface area contributed by atoms with Gasteiger partial charge in [-0.2, -0.15) is 4.31 Å². The number of piperidine rings is 1. The summed E-state index contributed by atoms with van der Waals surface area (Å²) in [6.45, 7) is 1.06. The van der Waals surface area contributed by atoms with Crippen LogP contribution in [0, 0.1) is 0 Å². The molecule has 1 fully saturated rings. The predicted octanol–water partition coefficient (Wildman–Crippen LogP) is 3.89. The van der Waals surface area contributed by atoms with Crippen LogP contribution in [0.3, 0.4) is 0 Å². The summed E-state index contributed by atoms with van der Waals surface area (Å²) in [5.41, 5.74) is 1.08. The van der Waals surface area contributed by atoms with Crippen LogP contribution in [0.5, 0.6) is 0 Å². The smallest absolute Gasteiger partial charge is 0.322 e. The highest BCUT2D eigenvalue weighted by atomic mass is 32.2. The van der Waals surface area contributed by atoms with Crippen molar-refractivity contribution in [2.24, 2.45) is 0 Å². The van der Waals surface area contributed by atoms with Crippen molar-refractivity contribution in [2.75, 3.05) is 24.7 Å². The second-order valence-electron chi connectivity index (χ2n) is 7.06. The molecule has 0 aliphatic carbocycles. The van der Waals surface area contributed by atoms with Crippen LogP contribution in [0.2, 0.25) is 0 Å². The predicted molar refractivity (Wildman–Crippen MR) is 119 cm³/mol. The number of benzene rings is 2. The minimum absolute atomic E-state index is 0.0269. The van der Waals surface area contributed by atoms with Crippen molar-refractivity contribution in [1.82, 2.24) is 14.5 Å². The topological polar surface area (TPSA) is 105 Å². The molecule has 31 heavy (non-hydrogen) atoms. The molecule has 0 saturated carbocycles. The number of carbonyl (C=O) groups is 1. The van der Waals surface area contributed by atoms with E-state index in [0.717, 1.165) is 29.7 Å². The number of carbonyl (C=O) groups excluding carboxylic acids is 1. The molecule has 0 spiro atoms. The highest BCUT2D eigenvalue weighted by Gasteiger charge is 2.26. The van der Waals surface area contributed by atoms with Crippen molar-refractivity contribution in [3.63, 3.8) is 0 Å². The summed E-state index contributed by atoms with van der Waals surface area (Å²) >= 11 is 1.56. The van der Waals surface area contributed by atoms with E-state index in [1.54, 1.807) is 11.8 Å². The maximum Gasteiger partial charge on any atom is 0.322 e. The lowest BCUT2D eigenvalue weighted by atomic mass is 10.2. The molecule has 0 bridgehead atoms. The molecular formula is C21H22N4O4S2. The Kier molecular flexibility index (Phi) is 6.40. The van der Waals surface area contributed by atoms with E-state index < -0.39 is 15.9 Å². The van der Waals surface area contributed by atoms with Gasteiger partial charge in [-0.15, -0.1) is 16.9 Å². The average Bonchev–Trinajstić information content (AvgIpc) is 3.28. The first kappa shape index (κ1) is 21.5. The Bertz CT molecular complexity index is 1170. The molecule has 1 aliphatic heterocycles. The van der Waals surface area contributed by atoms with Gasteiger partial charge in [-0.25, -0.2) is 8.42 Å². The van der Waals surface area contributed by atoms with Crippen LogP contribution in [0.1, 0.15) is 29.6 Å². The third-order valence-electron chi connectivity index (χ3n) is 5.05. The lowest BCUT2D eigenvalue weighted by Crippen LogP contribution is -2.35. The first-order valence-electron chi connectivity index (χ1n) is 9.87. The third-order valence-corrected chi connectivity index (χ3v) is 7.76. The Labute approximate surface area is 185 Å². The van der Waals surface area contributed by atoms with Gasteiger partial charge >= 0.3 is 6.01 Å². The molecule has 0 radical (unpaired) electrons. The zero-order valence-corrected chi connectivity index (χ0v) is 18.6. The van der Waals surface area contributed by atoms with Gasteiger partial charge in [0, 0.05) is 23.5 Å². The number of rotatable bonds is 6. The largest absolute Gasteiger partial charge is 0.403 e. The van der Waals surface area contributed by atoms with Gasteiger partial charge in [-0.3, -0.25) is 10.1 Å². The number of anilines is 1. The fourth-order valence-corrected chi connectivity index (χ4v) is 5.51. The second kappa shape index (κ2) is 9.21. The molecule has 8 nitrogen and oxygen atoms in total. The highest BCUT2D eigenvalue weighted by molar-refractivity contribution is 7.98. The highest BCUT2D eigenvalue weighted by Crippen LogP contribution is 2.30. The maximum atomic E-state index is 12.7. The van der Waals surface area contributed by atoms with Crippen LogP contribution in [-0.2, 0) is 10.0 Å². The van der Waals surface area contributed by atoms with Crippen molar-refractivity contribution in [1.29, 1.82) is 0 Å². The molecule has 4 rings (SSSR count). The van der Waals surface area contributed by atoms with E-state index in [0.29, 0.717) is 24.5 Å². The molecule has 1 amide bonds. The monoisotopic (exact) mass is 458 g/mol. The first-order valence-corrected chi connectivity index (χ1v) is 12.5. The fraction of sp³-hybridized carbons (Fsp3) is 0.286. The van der Waals surface area contributed by atoms with E-state index >= 15 is 0 Å². The molecule has 10 heteroatoms. The number of hydrogen-bond donors (Lipinski definition) is 1. The number of thioether (sulfide) groups is 1. The van der Waals surface area contributed by atoms with Crippen molar-refractivity contribution in [3.8, 4) is 11.5 Å². The molecule has 162 valence electrons. The number of sulfonamides is 1. The molecule has 2 aromatic carbocycles. The molecular weight excluding hydrogens is 436 g/mol. The molecule has 0 atom stereocenters. The lowest BCUT2D eigenvalue weighted by Gasteiger charge is -2.25. The lowest BCUT2D eigenvalue weighted by molar-refractivity contribution is 0.102. The first-order chi connectivity index (χ1) is 15.0. The van der Waals surface area contributed by atoms with E-state index in [9.17, 15) is 13.2 Å². The second-order valence-corrected chi connectivity index (χ2v) is 9.84. The SMILES string of the molecule is CSc1ccccc1-c1nnc(NC(=O)c2ccc(S(=O)(=O)N3CCCCC3)cc2)o1. The van der Waals surface area contributed by atoms with Gasteiger partial charge in [0.15, 0.2) is 0 Å². The summed E-state index contributed by atoms with van der Waals surface area (Å²) in [5.74, 6) is -0.154. The Morgan fingerprint density at radius 3 is 2.45 bits per heavy atom. The number of nitrogens with one attached hydrogen (secondary N) is 1. The van der Waals surface area contributed by atoms with Gasteiger partial charge in [0.1, 0.15) is 0 Å². The van der Waals surface area contributed by atoms with Crippen LogP contribution < -0.4 is 5.32 Å². The molecule has 1 saturated heterocycles. The minimum Gasteiger partial charge on any atom is -0.403 e. The number of nitrogens with zero attached hydrogens (tertiary/aromatic N) is 3. The number of aromatic nitrogens is 2. The van der Waals surface area contributed by atoms with Crippen LogP contribution in [-0.4, -0.2) is 48.2 Å². The molecule has 1 aromatic heterocycles. The van der Waals surface area contributed by atoms with E-state index in [2.05, 4.69) is 15.5 Å². The summed E-state index contributed by atoms with van der Waals surface area (Å²) in [6, 6.07) is 13.4. The third kappa shape index (κ3) is 4.65. The fourth-order valence-electron chi connectivity index (χ4n) is 3.41. The quantitative estimate of drug-likeness (QED) is 0.559. The van der Waals surface area contributed by atoms with Crippen molar-refractivity contribution in [2.45, 2.75) is 29.1 Å². The molecule has 0 unspecified atom stereocenters. The number of hydrogen-bond acceptors (Lipinski definition) is 7.